The predicted molar refractivity (Wildman–Crippen MR) is 67.6 cm³/mol. The van der Waals surface area contributed by atoms with Crippen molar-refractivity contribution in [3.8, 4) is 0 Å². The van der Waals surface area contributed by atoms with Crippen molar-refractivity contribution in [3.05, 3.63) is 28.5 Å². The summed E-state index contributed by atoms with van der Waals surface area (Å²) in [6.07, 6.45) is -5.60. The smallest absolute Gasteiger partial charge is 0.326 e. The van der Waals surface area contributed by atoms with Crippen LogP contribution in [0, 0.1) is 11.7 Å². The molecular weight excluding hydrogens is 346 g/mol. The average Bonchev–Trinajstić information content (AvgIpc) is 2.31. The van der Waals surface area contributed by atoms with Gasteiger partial charge in [-0.05, 0) is 41.1 Å². The Hall–Kier alpha value is -1.44. The first kappa shape index (κ1) is 16.6. The maximum absolute atomic E-state index is 13.2. The lowest BCUT2D eigenvalue weighted by Crippen LogP contribution is -2.30. The van der Waals surface area contributed by atoms with Gasteiger partial charge in [0.25, 0.3) is 0 Å². The largest absolute Gasteiger partial charge is 0.398 e. The van der Waals surface area contributed by atoms with Crippen LogP contribution in [0.2, 0.25) is 0 Å². The lowest BCUT2D eigenvalue weighted by atomic mass is 10.0. The van der Waals surface area contributed by atoms with E-state index in [0.717, 1.165) is 6.07 Å². The van der Waals surface area contributed by atoms with Crippen LogP contribution in [0.25, 0.3) is 0 Å². The highest BCUT2D eigenvalue weighted by Crippen LogP contribution is 2.27. The summed E-state index contributed by atoms with van der Waals surface area (Å²) in [6.45, 7) is 0.689. The molecule has 1 rings (SSSR count). The molecular formula is C12H10BrF4NO2. The van der Waals surface area contributed by atoms with E-state index in [1.165, 1.54) is 12.1 Å². The Kier molecular flexibility index (Phi) is 5.27. The third-order valence-corrected chi connectivity index (χ3v) is 3.16. The van der Waals surface area contributed by atoms with Gasteiger partial charge in [0.2, 0.25) is 5.91 Å². The Morgan fingerprint density at radius 2 is 1.95 bits per heavy atom. The second kappa shape index (κ2) is 6.34. The van der Waals surface area contributed by atoms with Crippen molar-refractivity contribution in [1.29, 1.82) is 0 Å². The third kappa shape index (κ3) is 4.59. The van der Waals surface area contributed by atoms with Gasteiger partial charge < -0.3 is 5.32 Å². The first-order chi connectivity index (χ1) is 9.11. The summed E-state index contributed by atoms with van der Waals surface area (Å²) >= 11 is 2.91. The molecule has 0 spiro atoms. The maximum Gasteiger partial charge on any atom is 0.398 e. The van der Waals surface area contributed by atoms with Crippen LogP contribution in [0.1, 0.15) is 13.3 Å². The zero-order valence-corrected chi connectivity index (χ0v) is 11.8. The van der Waals surface area contributed by atoms with Gasteiger partial charge in [-0.2, -0.15) is 13.2 Å². The standard InChI is InChI=1S/C12H10BrF4NO2/c1-6(12(15,16)17)10(19)5-11(20)18-7-2-3-8(13)9(14)4-7/h2-4,6H,5H2,1H3,(H,18,20). The van der Waals surface area contributed by atoms with Crippen LogP contribution in [-0.4, -0.2) is 17.9 Å². The number of hydrogen-bond donors (Lipinski definition) is 1. The Morgan fingerprint density at radius 1 is 1.35 bits per heavy atom. The van der Waals surface area contributed by atoms with E-state index in [2.05, 4.69) is 21.2 Å². The molecule has 0 heterocycles. The first-order valence-electron chi connectivity index (χ1n) is 5.45. The number of anilines is 1. The molecule has 1 N–H and O–H groups in total. The quantitative estimate of drug-likeness (QED) is 0.661. The van der Waals surface area contributed by atoms with Crippen molar-refractivity contribution in [2.45, 2.75) is 19.5 Å². The summed E-state index contributed by atoms with van der Waals surface area (Å²) in [5, 5.41) is 2.16. The number of Topliss-reactive ketones (excluding diaryl/α,β-unsaturated/α-hetero) is 1. The van der Waals surface area contributed by atoms with Crippen LogP contribution in [0.4, 0.5) is 23.2 Å². The SMILES string of the molecule is CC(C(=O)CC(=O)Nc1ccc(Br)c(F)c1)C(F)(F)F. The summed E-state index contributed by atoms with van der Waals surface area (Å²) in [4.78, 5) is 22.7. The highest BCUT2D eigenvalue weighted by atomic mass is 79.9. The fraction of sp³-hybridized carbons (Fsp3) is 0.333. The number of carbonyl (C=O) groups excluding carboxylic acids is 2. The molecule has 0 saturated heterocycles. The number of hydrogen-bond acceptors (Lipinski definition) is 2. The van der Waals surface area contributed by atoms with E-state index in [0.29, 0.717) is 6.92 Å². The molecule has 0 aliphatic rings. The van der Waals surface area contributed by atoms with Crippen LogP contribution in [0.5, 0.6) is 0 Å². The second-order valence-electron chi connectivity index (χ2n) is 4.08. The molecule has 1 unspecified atom stereocenters. The molecule has 8 heteroatoms. The topological polar surface area (TPSA) is 46.2 Å². The molecule has 1 amide bonds. The van der Waals surface area contributed by atoms with Gasteiger partial charge >= 0.3 is 6.18 Å². The van der Waals surface area contributed by atoms with E-state index in [4.69, 9.17) is 0 Å². The van der Waals surface area contributed by atoms with Crippen molar-refractivity contribution >= 4 is 33.3 Å². The molecule has 0 saturated carbocycles. The highest BCUT2D eigenvalue weighted by Gasteiger charge is 2.41. The monoisotopic (exact) mass is 355 g/mol. The minimum absolute atomic E-state index is 0.0585. The van der Waals surface area contributed by atoms with E-state index in [-0.39, 0.29) is 10.2 Å². The first-order valence-corrected chi connectivity index (χ1v) is 6.25. The molecule has 0 aromatic heterocycles. The predicted octanol–water partition coefficient (Wildman–Crippen LogP) is 3.68. The third-order valence-electron chi connectivity index (χ3n) is 2.51. The van der Waals surface area contributed by atoms with Crippen LogP contribution < -0.4 is 5.32 Å². The number of halogens is 5. The van der Waals surface area contributed by atoms with Crippen LogP contribution in [0.15, 0.2) is 22.7 Å². The minimum Gasteiger partial charge on any atom is -0.326 e. The summed E-state index contributed by atoms with van der Waals surface area (Å²) in [7, 11) is 0. The molecule has 1 aromatic carbocycles. The second-order valence-corrected chi connectivity index (χ2v) is 4.94. The van der Waals surface area contributed by atoms with Crippen LogP contribution in [-0.2, 0) is 9.59 Å². The van der Waals surface area contributed by atoms with Crippen molar-refractivity contribution < 1.29 is 27.2 Å². The van der Waals surface area contributed by atoms with E-state index in [9.17, 15) is 27.2 Å². The Balaban J connectivity index is 2.64. The maximum atomic E-state index is 13.2. The van der Waals surface area contributed by atoms with Gasteiger partial charge in [0.15, 0.2) is 5.78 Å². The van der Waals surface area contributed by atoms with Crippen molar-refractivity contribution in [2.75, 3.05) is 5.32 Å². The summed E-state index contributed by atoms with van der Waals surface area (Å²) < 4.78 is 50.1. The summed E-state index contributed by atoms with van der Waals surface area (Å²) in [5.74, 6) is -5.02. The number of carbonyl (C=O) groups is 2. The number of nitrogens with one attached hydrogen (secondary N) is 1. The number of rotatable bonds is 4. The summed E-state index contributed by atoms with van der Waals surface area (Å²) in [6, 6.07) is 3.66. The molecule has 0 aliphatic carbocycles. The van der Waals surface area contributed by atoms with Crippen molar-refractivity contribution in [3.63, 3.8) is 0 Å². The summed E-state index contributed by atoms with van der Waals surface area (Å²) in [5.41, 5.74) is 0.0585. The minimum atomic E-state index is -4.68. The number of amides is 1. The van der Waals surface area contributed by atoms with E-state index < -0.39 is 36.0 Å². The normalized spacial score (nSPS) is 12.9. The number of alkyl halides is 3. The lowest BCUT2D eigenvalue weighted by molar-refractivity contribution is -0.177. The number of benzene rings is 1. The molecule has 1 aromatic rings. The molecule has 0 radical (unpaired) electrons. The average molecular weight is 356 g/mol. The molecule has 0 fully saturated rings. The Labute approximate surface area is 120 Å². The van der Waals surface area contributed by atoms with Gasteiger partial charge in [0.1, 0.15) is 11.7 Å². The van der Waals surface area contributed by atoms with E-state index in [1.54, 1.807) is 0 Å². The highest BCUT2D eigenvalue weighted by molar-refractivity contribution is 9.10. The fourth-order valence-corrected chi connectivity index (χ4v) is 1.52. The molecule has 0 bridgehead atoms. The fourth-order valence-electron chi connectivity index (χ4n) is 1.27. The Morgan fingerprint density at radius 3 is 2.45 bits per heavy atom. The molecule has 1 atom stereocenters. The van der Waals surface area contributed by atoms with Gasteiger partial charge in [-0.3, -0.25) is 9.59 Å². The van der Waals surface area contributed by atoms with Crippen LogP contribution >= 0.6 is 15.9 Å². The van der Waals surface area contributed by atoms with Crippen molar-refractivity contribution in [1.82, 2.24) is 0 Å². The zero-order valence-electron chi connectivity index (χ0n) is 10.2. The lowest BCUT2D eigenvalue weighted by Gasteiger charge is -2.14. The van der Waals surface area contributed by atoms with Crippen molar-refractivity contribution in [2.24, 2.45) is 5.92 Å². The van der Waals surface area contributed by atoms with E-state index >= 15 is 0 Å². The zero-order chi connectivity index (χ0) is 15.5. The Bertz CT molecular complexity index is 531. The van der Waals surface area contributed by atoms with Gasteiger partial charge in [-0.1, -0.05) is 0 Å². The van der Waals surface area contributed by atoms with Gasteiger partial charge in [-0.15, -0.1) is 0 Å². The van der Waals surface area contributed by atoms with Crippen LogP contribution in [0.3, 0.4) is 0 Å². The van der Waals surface area contributed by atoms with Gasteiger partial charge in [0.05, 0.1) is 10.9 Å². The van der Waals surface area contributed by atoms with E-state index in [1.807, 2.05) is 0 Å². The molecule has 110 valence electrons. The molecule has 0 aliphatic heterocycles. The number of ketones is 1. The molecule has 20 heavy (non-hydrogen) atoms. The van der Waals surface area contributed by atoms with Gasteiger partial charge in [0, 0.05) is 5.69 Å². The molecule has 3 nitrogen and oxygen atoms in total. The van der Waals surface area contributed by atoms with Gasteiger partial charge in [-0.25, -0.2) is 4.39 Å².